The summed E-state index contributed by atoms with van der Waals surface area (Å²) in [4.78, 5) is 20.4. The molecule has 0 saturated heterocycles. The minimum Gasteiger partial charge on any atom is -0.368 e. The Labute approximate surface area is 81.9 Å². The van der Waals surface area contributed by atoms with Crippen LogP contribution in [0.15, 0.2) is 12.4 Å². The molecule has 0 aliphatic rings. The SMILES string of the molecule is CN(CC(N)=O)c1cnc(CN)cn1. The molecule has 0 radical (unpaired) electrons. The first kappa shape index (κ1) is 10.4. The highest BCUT2D eigenvalue weighted by atomic mass is 16.1. The van der Waals surface area contributed by atoms with Gasteiger partial charge in [0.2, 0.25) is 5.91 Å². The molecule has 1 aromatic rings. The third-order valence-corrected chi connectivity index (χ3v) is 1.68. The van der Waals surface area contributed by atoms with E-state index in [4.69, 9.17) is 11.5 Å². The molecule has 1 aromatic heterocycles. The zero-order chi connectivity index (χ0) is 10.6. The number of hydrogen-bond donors (Lipinski definition) is 2. The molecule has 0 fully saturated rings. The van der Waals surface area contributed by atoms with Crippen LogP contribution in [0, 0.1) is 0 Å². The maximum Gasteiger partial charge on any atom is 0.236 e. The van der Waals surface area contributed by atoms with Gasteiger partial charge in [-0.05, 0) is 0 Å². The standard InChI is InChI=1S/C8H13N5O/c1-13(5-7(10)14)8-4-11-6(2-9)3-12-8/h3-4H,2,5,9H2,1H3,(H2,10,14). The second-order valence-electron chi connectivity index (χ2n) is 2.89. The molecule has 0 unspecified atom stereocenters. The van der Waals surface area contributed by atoms with Crippen LogP contribution in [-0.2, 0) is 11.3 Å². The average molecular weight is 195 g/mol. The third kappa shape index (κ3) is 2.67. The van der Waals surface area contributed by atoms with E-state index in [2.05, 4.69) is 9.97 Å². The summed E-state index contributed by atoms with van der Waals surface area (Å²) in [5, 5.41) is 0. The quantitative estimate of drug-likeness (QED) is 0.632. The highest BCUT2D eigenvalue weighted by Crippen LogP contribution is 2.05. The van der Waals surface area contributed by atoms with Crippen molar-refractivity contribution in [1.29, 1.82) is 0 Å². The van der Waals surface area contributed by atoms with Gasteiger partial charge in [0, 0.05) is 13.6 Å². The minimum atomic E-state index is -0.405. The lowest BCUT2D eigenvalue weighted by Gasteiger charge is -2.15. The number of likely N-dealkylation sites (N-methyl/N-ethyl adjacent to an activating group) is 1. The lowest BCUT2D eigenvalue weighted by molar-refractivity contribution is -0.116. The Morgan fingerprint density at radius 3 is 2.64 bits per heavy atom. The maximum absolute atomic E-state index is 10.6. The van der Waals surface area contributed by atoms with Crippen molar-refractivity contribution < 1.29 is 4.79 Å². The summed E-state index contributed by atoms with van der Waals surface area (Å²) >= 11 is 0. The molecule has 14 heavy (non-hydrogen) atoms. The lowest BCUT2D eigenvalue weighted by Crippen LogP contribution is -2.31. The monoisotopic (exact) mass is 195 g/mol. The van der Waals surface area contributed by atoms with E-state index in [0.29, 0.717) is 18.1 Å². The summed E-state index contributed by atoms with van der Waals surface area (Å²) in [7, 11) is 1.72. The molecule has 76 valence electrons. The molecule has 0 atom stereocenters. The number of rotatable bonds is 4. The molecule has 6 nitrogen and oxygen atoms in total. The first-order valence-electron chi connectivity index (χ1n) is 4.14. The summed E-state index contributed by atoms with van der Waals surface area (Å²) in [6.07, 6.45) is 3.14. The fourth-order valence-corrected chi connectivity index (χ4v) is 0.965. The van der Waals surface area contributed by atoms with Crippen LogP contribution in [0.3, 0.4) is 0 Å². The van der Waals surface area contributed by atoms with Gasteiger partial charge in [-0.2, -0.15) is 0 Å². The number of nitrogens with zero attached hydrogens (tertiary/aromatic N) is 3. The van der Waals surface area contributed by atoms with E-state index >= 15 is 0 Å². The summed E-state index contributed by atoms with van der Waals surface area (Å²) in [5.41, 5.74) is 11.1. The first-order chi connectivity index (χ1) is 6.63. The molecule has 4 N–H and O–H groups in total. The molecule has 6 heteroatoms. The van der Waals surface area contributed by atoms with Gasteiger partial charge in [0.1, 0.15) is 5.82 Å². The first-order valence-corrected chi connectivity index (χ1v) is 4.14. The molecular formula is C8H13N5O. The predicted molar refractivity (Wildman–Crippen MR) is 52.4 cm³/mol. The Kier molecular flexibility index (Phi) is 3.35. The fraction of sp³-hybridized carbons (Fsp3) is 0.375. The lowest BCUT2D eigenvalue weighted by atomic mass is 10.4. The van der Waals surface area contributed by atoms with E-state index in [1.807, 2.05) is 0 Å². The molecule has 0 aliphatic heterocycles. The van der Waals surface area contributed by atoms with Gasteiger partial charge in [0.15, 0.2) is 0 Å². The van der Waals surface area contributed by atoms with E-state index in [1.54, 1.807) is 24.3 Å². The summed E-state index contributed by atoms with van der Waals surface area (Å²) in [6, 6.07) is 0. The molecule has 1 heterocycles. The van der Waals surface area contributed by atoms with Gasteiger partial charge in [-0.25, -0.2) is 4.98 Å². The maximum atomic E-state index is 10.6. The van der Waals surface area contributed by atoms with Crippen molar-refractivity contribution in [3.63, 3.8) is 0 Å². The molecule has 0 spiro atoms. The molecule has 0 aromatic carbocycles. The van der Waals surface area contributed by atoms with Gasteiger partial charge < -0.3 is 16.4 Å². The van der Waals surface area contributed by atoms with Crippen LogP contribution >= 0.6 is 0 Å². The summed E-state index contributed by atoms with van der Waals surface area (Å²) < 4.78 is 0. The van der Waals surface area contributed by atoms with Crippen molar-refractivity contribution in [2.75, 3.05) is 18.5 Å². The van der Waals surface area contributed by atoms with E-state index in [1.165, 1.54) is 0 Å². The Morgan fingerprint density at radius 2 is 2.21 bits per heavy atom. The van der Waals surface area contributed by atoms with E-state index in [9.17, 15) is 4.79 Å². The van der Waals surface area contributed by atoms with Crippen molar-refractivity contribution in [2.45, 2.75) is 6.54 Å². The number of nitrogens with two attached hydrogens (primary N) is 2. The van der Waals surface area contributed by atoms with Crippen LogP contribution in [0.1, 0.15) is 5.69 Å². The largest absolute Gasteiger partial charge is 0.368 e. The van der Waals surface area contributed by atoms with Crippen LogP contribution in [0.5, 0.6) is 0 Å². The van der Waals surface area contributed by atoms with E-state index in [-0.39, 0.29) is 6.54 Å². The van der Waals surface area contributed by atoms with Crippen LogP contribution in [0.4, 0.5) is 5.82 Å². The Hall–Kier alpha value is -1.69. The van der Waals surface area contributed by atoms with Crippen molar-refractivity contribution >= 4 is 11.7 Å². The highest BCUT2D eigenvalue weighted by molar-refractivity contribution is 5.78. The van der Waals surface area contributed by atoms with Crippen molar-refractivity contribution in [3.05, 3.63) is 18.1 Å². The zero-order valence-electron chi connectivity index (χ0n) is 7.97. The minimum absolute atomic E-state index is 0.122. The number of carbonyl (C=O) groups is 1. The molecule has 0 saturated carbocycles. The van der Waals surface area contributed by atoms with Crippen LogP contribution in [-0.4, -0.2) is 29.5 Å². The molecule has 1 amide bonds. The predicted octanol–water partition coefficient (Wildman–Crippen LogP) is -1.14. The third-order valence-electron chi connectivity index (χ3n) is 1.68. The van der Waals surface area contributed by atoms with Crippen molar-refractivity contribution in [1.82, 2.24) is 9.97 Å². The zero-order valence-corrected chi connectivity index (χ0v) is 7.97. The number of carbonyl (C=O) groups excluding carboxylic acids is 1. The fourth-order valence-electron chi connectivity index (χ4n) is 0.965. The Bertz CT molecular complexity index is 310. The average Bonchev–Trinajstić information content (AvgIpc) is 2.17. The topological polar surface area (TPSA) is 98.1 Å². The van der Waals surface area contributed by atoms with Gasteiger partial charge in [-0.3, -0.25) is 9.78 Å². The van der Waals surface area contributed by atoms with Gasteiger partial charge >= 0.3 is 0 Å². The smallest absolute Gasteiger partial charge is 0.236 e. The molecule has 0 bridgehead atoms. The number of amides is 1. The Balaban J connectivity index is 2.71. The van der Waals surface area contributed by atoms with Gasteiger partial charge in [-0.15, -0.1) is 0 Å². The number of primary amides is 1. The molecule has 1 rings (SSSR count). The summed E-state index contributed by atoms with van der Waals surface area (Å²) in [6.45, 7) is 0.476. The highest BCUT2D eigenvalue weighted by Gasteiger charge is 2.05. The van der Waals surface area contributed by atoms with E-state index in [0.717, 1.165) is 0 Å². The number of aromatic nitrogens is 2. The second-order valence-corrected chi connectivity index (χ2v) is 2.89. The Morgan fingerprint density at radius 1 is 1.50 bits per heavy atom. The molecule has 0 aliphatic carbocycles. The van der Waals surface area contributed by atoms with Gasteiger partial charge in [0.05, 0.1) is 24.6 Å². The van der Waals surface area contributed by atoms with Crippen molar-refractivity contribution in [3.8, 4) is 0 Å². The number of hydrogen-bond acceptors (Lipinski definition) is 5. The second kappa shape index (κ2) is 4.52. The van der Waals surface area contributed by atoms with Gasteiger partial charge in [-0.1, -0.05) is 0 Å². The van der Waals surface area contributed by atoms with Crippen LogP contribution in [0.25, 0.3) is 0 Å². The van der Waals surface area contributed by atoms with Crippen molar-refractivity contribution in [2.24, 2.45) is 11.5 Å². The van der Waals surface area contributed by atoms with Gasteiger partial charge in [0.25, 0.3) is 0 Å². The van der Waals surface area contributed by atoms with Crippen LogP contribution < -0.4 is 16.4 Å². The normalized spacial score (nSPS) is 9.86. The van der Waals surface area contributed by atoms with E-state index < -0.39 is 5.91 Å². The van der Waals surface area contributed by atoms with Crippen LogP contribution in [0.2, 0.25) is 0 Å². The summed E-state index contributed by atoms with van der Waals surface area (Å²) in [5.74, 6) is 0.193. The number of anilines is 1. The molecular weight excluding hydrogens is 182 g/mol.